The van der Waals surface area contributed by atoms with Crippen molar-refractivity contribution in [1.82, 2.24) is 15.1 Å². The van der Waals surface area contributed by atoms with E-state index in [4.69, 9.17) is 9.47 Å². The van der Waals surface area contributed by atoms with E-state index in [0.29, 0.717) is 40.6 Å². The molecule has 0 saturated heterocycles. The van der Waals surface area contributed by atoms with E-state index in [2.05, 4.69) is 17.1 Å². The van der Waals surface area contributed by atoms with Crippen LogP contribution < -0.4 is 9.47 Å². The second-order valence-corrected chi connectivity index (χ2v) is 8.32. The Morgan fingerprint density at radius 1 is 1.12 bits per heavy atom. The molecule has 0 saturated carbocycles. The van der Waals surface area contributed by atoms with E-state index in [9.17, 15) is 15.0 Å². The topological polar surface area (TPSA) is 108 Å². The summed E-state index contributed by atoms with van der Waals surface area (Å²) >= 11 is 0. The summed E-state index contributed by atoms with van der Waals surface area (Å²) in [4.78, 5) is 14.8. The van der Waals surface area contributed by atoms with Gasteiger partial charge in [0.1, 0.15) is 17.1 Å². The molecule has 0 radical (unpaired) electrons. The van der Waals surface area contributed by atoms with Crippen LogP contribution in [0.3, 0.4) is 0 Å². The highest BCUT2D eigenvalue weighted by Crippen LogP contribution is 2.45. The zero-order chi connectivity index (χ0) is 24.1. The van der Waals surface area contributed by atoms with Crippen LogP contribution in [0, 0.1) is 0 Å². The monoisotopic (exact) mass is 465 g/mol. The van der Waals surface area contributed by atoms with Gasteiger partial charge in [0.25, 0.3) is 5.91 Å². The molecule has 2 heterocycles. The zero-order valence-corrected chi connectivity index (χ0v) is 19.6. The number of hydrogen-bond acceptors (Lipinski definition) is 6. The van der Waals surface area contributed by atoms with Crippen LogP contribution in [0.2, 0.25) is 0 Å². The highest BCUT2D eigenvalue weighted by atomic mass is 16.5. The summed E-state index contributed by atoms with van der Waals surface area (Å²) in [5.74, 6) is 1.05. The molecule has 8 heteroatoms. The first-order valence-electron chi connectivity index (χ1n) is 11.7. The number of aromatic amines is 1. The Hall–Kier alpha value is -3.52. The lowest BCUT2D eigenvalue weighted by atomic mass is 9.95. The number of aliphatic hydroxyl groups is 1. The number of aromatic hydroxyl groups is 1. The summed E-state index contributed by atoms with van der Waals surface area (Å²) in [6.45, 7) is 2.76. The fourth-order valence-electron chi connectivity index (χ4n) is 4.45. The van der Waals surface area contributed by atoms with Crippen LogP contribution in [0.1, 0.15) is 60.3 Å². The number of rotatable bonds is 11. The molecule has 3 N–H and O–H groups in total. The van der Waals surface area contributed by atoms with Crippen molar-refractivity contribution in [2.75, 3.05) is 26.9 Å². The van der Waals surface area contributed by atoms with Gasteiger partial charge in [-0.2, -0.15) is 5.10 Å². The number of nitrogens with one attached hydrogen (secondary N) is 1. The van der Waals surface area contributed by atoms with Gasteiger partial charge in [-0.15, -0.1) is 0 Å². The molecule has 1 aliphatic rings. The minimum Gasteiger partial charge on any atom is -0.507 e. The minimum absolute atomic E-state index is 0.0769. The predicted octanol–water partition coefficient (Wildman–Crippen LogP) is 4.29. The largest absolute Gasteiger partial charge is 0.507 e. The van der Waals surface area contributed by atoms with Crippen LogP contribution in [-0.2, 0) is 0 Å². The predicted molar refractivity (Wildman–Crippen MR) is 128 cm³/mol. The first-order chi connectivity index (χ1) is 16.6. The highest BCUT2D eigenvalue weighted by molar-refractivity contribution is 6.00. The van der Waals surface area contributed by atoms with Crippen molar-refractivity contribution >= 4 is 5.91 Å². The number of methoxy groups -OCH3 is 1. The van der Waals surface area contributed by atoms with Gasteiger partial charge in [-0.3, -0.25) is 9.89 Å². The number of phenolic OH excluding ortho intramolecular Hbond substituents is 1. The summed E-state index contributed by atoms with van der Waals surface area (Å²) in [5, 5.41) is 27.3. The van der Waals surface area contributed by atoms with E-state index >= 15 is 0 Å². The number of aromatic nitrogens is 2. The van der Waals surface area contributed by atoms with Crippen LogP contribution in [0.5, 0.6) is 17.2 Å². The smallest absolute Gasteiger partial charge is 0.273 e. The number of amides is 1. The normalized spacial score (nSPS) is 15.0. The second-order valence-electron chi connectivity index (χ2n) is 8.32. The fourth-order valence-corrected chi connectivity index (χ4v) is 4.45. The Morgan fingerprint density at radius 2 is 1.94 bits per heavy atom. The maximum atomic E-state index is 13.2. The van der Waals surface area contributed by atoms with Crippen molar-refractivity contribution in [2.24, 2.45) is 0 Å². The SMILES string of the molecule is CCCCCCOc1ccc([C@@H]2c3c(-c4ccccc4O)n[nH]c3C(=O)N2CCO)cc1OC. The number of ether oxygens (including phenoxy) is 2. The summed E-state index contributed by atoms with van der Waals surface area (Å²) < 4.78 is 11.6. The molecule has 180 valence electrons. The molecule has 2 aromatic carbocycles. The zero-order valence-electron chi connectivity index (χ0n) is 19.6. The van der Waals surface area contributed by atoms with E-state index in [0.717, 1.165) is 18.4 Å². The molecule has 0 fully saturated rings. The fraction of sp³-hybridized carbons (Fsp3) is 0.385. The Morgan fingerprint density at radius 3 is 2.68 bits per heavy atom. The number of hydrogen-bond donors (Lipinski definition) is 3. The quantitative estimate of drug-likeness (QED) is 0.365. The number of carbonyl (C=O) groups excluding carboxylic acids is 1. The molecular weight excluding hydrogens is 434 g/mol. The standard InChI is InChI=1S/C26H31N3O5/c1-3-4-5-8-15-34-20-12-11-17(16-21(20)33-2)25-22-23(18-9-6-7-10-19(18)31)27-28-24(22)26(32)29(25)13-14-30/h6-7,9-12,16,25,30-31H,3-5,8,13-15H2,1-2H3,(H,27,28)/t25-/m1/s1. The number of aliphatic hydroxyl groups excluding tert-OH is 1. The number of nitrogens with zero attached hydrogens (tertiary/aromatic N) is 2. The maximum absolute atomic E-state index is 13.2. The van der Waals surface area contributed by atoms with E-state index in [1.165, 1.54) is 12.8 Å². The van der Waals surface area contributed by atoms with Gasteiger partial charge in [0.15, 0.2) is 11.5 Å². The third-order valence-electron chi connectivity index (χ3n) is 6.12. The first-order valence-corrected chi connectivity index (χ1v) is 11.7. The molecule has 0 aliphatic carbocycles. The number of benzene rings is 2. The molecule has 8 nitrogen and oxygen atoms in total. The van der Waals surface area contributed by atoms with Gasteiger partial charge in [-0.05, 0) is 36.2 Å². The van der Waals surface area contributed by atoms with Crippen LogP contribution in [0.25, 0.3) is 11.3 Å². The number of phenols is 1. The van der Waals surface area contributed by atoms with E-state index in [1.807, 2.05) is 24.3 Å². The average molecular weight is 466 g/mol. The number of carbonyl (C=O) groups is 1. The Labute approximate surface area is 199 Å². The second kappa shape index (κ2) is 10.6. The van der Waals surface area contributed by atoms with Crippen LogP contribution >= 0.6 is 0 Å². The molecule has 1 aromatic heterocycles. The van der Waals surface area contributed by atoms with Gasteiger partial charge >= 0.3 is 0 Å². The van der Waals surface area contributed by atoms with Crippen molar-refractivity contribution < 1.29 is 24.5 Å². The van der Waals surface area contributed by atoms with Crippen LogP contribution in [0.4, 0.5) is 0 Å². The lowest BCUT2D eigenvalue weighted by molar-refractivity contribution is 0.0706. The molecule has 34 heavy (non-hydrogen) atoms. The van der Waals surface area contributed by atoms with E-state index in [1.54, 1.807) is 30.2 Å². The lowest BCUT2D eigenvalue weighted by Gasteiger charge is -2.26. The molecule has 0 spiro atoms. The Balaban J connectivity index is 1.71. The molecular formula is C26H31N3O5. The van der Waals surface area contributed by atoms with E-state index < -0.39 is 6.04 Å². The van der Waals surface area contributed by atoms with Crippen molar-refractivity contribution in [3.63, 3.8) is 0 Å². The Bertz CT molecular complexity index is 1140. The van der Waals surface area contributed by atoms with Crippen molar-refractivity contribution in [3.05, 3.63) is 59.3 Å². The maximum Gasteiger partial charge on any atom is 0.273 e. The molecule has 4 rings (SSSR count). The summed E-state index contributed by atoms with van der Waals surface area (Å²) in [7, 11) is 1.59. The summed E-state index contributed by atoms with van der Waals surface area (Å²) in [6, 6.07) is 12.0. The molecule has 1 amide bonds. The van der Waals surface area contributed by atoms with Gasteiger partial charge < -0.3 is 24.6 Å². The molecule has 0 unspecified atom stereocenters. The molecule has 3 aromatic rings. The van der Waals surface area contributed by atoms with Gasteiger partial charge in [0.05, 0.1) is 26.4 Å². The van der Waals surface area contributed by atoms with E-state index in [-0.39, 0.29) is 24.8 Å². The van der Waals surface area contributed by atoms with Gasteiger partial charge in [-0.1, -0.05) is 44.4 Å². The highest BCUT2D eigenvalue weighted by Gasteiger charge is 2.42. The molecule has 0 bridgehead atoms. The van der Waals surface area contributed by atoms with Crippen molar-refractivity contribution in [1.29, 1.82) is 0 Å². The molecule has 1 atom stereocenters. The van der Waals surface area contributed by atoms with Gasteiger partial charge in [0, 0.05) is 17.7 Å². The lowest BCUT2D eigenvalue weighted by Crippen LogP contribution is -2.32. The third kappa shape index (κ3) is 4.46. The summed E-state index contributed by atoms with van der Waals surface area (Å²) in [6.07, 6.45) is 4.45. The van der Waals surface area contributed by atoms with Crippen molar-refractivity contribution in [2.45, 2.75) is 38.6 Å². The Kier molecular flexibility index (Phi) is 7.37. The van der Waals surface area contributed by atoms with Gasteiger partial charge in [0.2, 0.25) is 0 Å². The minimum atomic E-state index is -0.504. The molecule has 1 aliphatic heterocycles. The van der Waals surface area contributed by atoms with Crippen LogP contribution in [0.15, 0.2) is 42.5 Å². The first kappa shape index (κ1) is 23.6. The van der Waals surface area contributed by atoms with Crippen molar-refractivity contribution in [3.8, 4) is 28.5 Å². The van der Waals surface area contributed by atoms with Crippen LogP contribution in [-0.4, -0.2) is 58.1 Å². The average Bonchev–Trinajstić information content (AvgIpc) is 3.39. The third-order valence-corrected chi connectivity index (χ3v) is 6.12. The number of unbranched alkanes of at least 4 members (excludes halogenated alkanes) is 3. The number of β-amino-alcohol motifs (C(OH)–C–C–N with tert-alkyl or cyclic N) is 1. The number of fused-ring (bicyclic) bond motifs is 1. The van der Waals surface area contributed by atoms with Gasteiger partial charge in [-0.25, -0.2) is 0 Å². The number of H-pyrrole nitrogens is 1. The number of para-hydroxylation sites is 1. The summed E-state index contributed by atoms with van der Waals surface area (Å²) in [5.41, 5.74) is 2.85.